The molecule has 0 aliphatic carbocycles. The standard InChI is InChI=1S/C15H27N5O2S2.HI/c1-4-16-15(19-11-14-17-9-12(2)23-14)18-10-13-5-7-20(8-6-13)24(3,21)22;/h9,13H,4-8,10-11H2,1-3H3,(H2,16,18,19);1H. The van der Waals surface area contributed by atoms with Crippen LogP contribution in [0.1, 0.15) is 29.7 Å². The third kappa shape index (κ3) is 7.75. The first-order valence-electron chi connectivity index (χ1n) is 8.27. The molecule has 144 valence electrons. The van der Waals surface area contributed by atoms with Crippen LogP contribution in [0.15, 0.2) is 11.2 Å². The summed E-state index contributed by atoms with van der Waals surface area (Å²) in [6.07, 6.45) is 4.91. The molecule has 0 saturated carbocycles. The van der Waals surface area contributed by atoms with Crippen LogP contribution in [0.2, 0.25) is 0 Å². The molecule has 2 rings (SSSR count). The fraction of sp³-hybridized carbons (Fsp3) is 0.733. The smallest absolute Gasteiger partial charge is 0.211 e. The third-order valence-corrected chi connectivity index (χ3v) is 6.19. The molecule has 2 N–H and O–H groups in total. The fourth-order valence-electron chi connectivity index (χ4n) is 2.65. The van der Waals surface area contributed by atoms with E-state index in [1.54, 1.807) is 15.6 Å². The predicted octanol–water partition coefficient (Wildman–Crippen LogP) is 1.80. The average Bonchev–Trinajstić information content (AvgIpc) is 2.95. The molecule has 1 aliphatic rings. The van der Waals surface area contributed by atoms with Gasteiger partial charge in [0.15, 0.2) is 5.96 Å². The van der Waals surface area contributed by atoms with Crippen molar-refractivity contribution in [3.8, 4) is 0 Å². The number of piperidine rings is 1. The van der Waals surface area contributed by atoms with E-state index in [4.69, 9.17) is 0 Å². The quantitative estimate of drug-likeness (QED) is 0.353. The van der Waals surface area contributed by atoms with Gasteiger partial charge >= 0.3 is 0 Å². The van der Waals surface area contributed by atoms with Crippen LogP contribution in [0.4, 0.5) is 0 Å². The Labute approximate surface area is 171 Å². The van der Waals surface area contributed by atoms with E-state index in [0.29, 0.717) is 25.6 Å². The van der Waals surface area contributed by atoms with Crippen LogP contribution in [-0.4, -0.2) is 56.1 Å². The van der Waals surface area contributed by atoms with Crippen molar-refractivity contribution < 1.29 is 8.42 Å². The lowest BCUT2D eigenvalue weighted by Gasteiger charge is -2.30. The number of aliphatic imine (C=N–C) groups is 1. The Kier molecular flexibility index (Phi) is 9.60. The van der Waals surface area contributed by atoms with E-state index in [0.717, 1.165) is 36.9 Å². The summed E-state index contributed by atoms with van der Waals surface area (Å²) < 4.78 is 24.6. The molecular weight excluding hydrogens is 473 g/mol. The van der Waals surface area contributed by atoms with Crippen LogP contribution < -0.4 is 10.6 Å². The van der Waals surface area contributed by atoms with Crippen LogP contribution in [0, 0.1) is 12.8 Å². The minimum absolute atomic E-state index is 0. The highest BCUT2D eigenvalue weighted by atomic mass is 127. The van der Waals surface area contributed by atoms with Crippen LogP contribution in [-0.2, 0) is 16.6 Å². The number of halogens is 1. The van der Waals surface area contributed by atoms with E-state index < -0.39 is 10.0 Å². The van der Waals surface area contributed by atoms with Gasteiger partial charge in [0.1, 0.15) is 5.01 Å². The van der Waals surface area contributed by atoms with E-state index in [1.807, 2.05) is 20.0 Å². The number of rotatable bonds is 6. The van der Waals surface area contributed by atoms with E-state index in [9.17, 15) is 8.42 Å². The number of sulfonamides is 1. The lowest BCUT2D eigenvalue weighted by atomic mass is 9.98. The van der Waals surface area contributed by atoms with E-state index in [1.165, 1.54) is 11.1 Å². The van der Waals surface area contributed by atoms with Gasteiger partial charge < -0.3 is 10.6 Å². The molecule has 0 radical (unpaired) electrons. The number of guanidine groups is 1. The highest BCUT2D eigenvalue weighted by Gasteiger charge is 2.24. The maximum Gasteiger partial charge on any atom is 0.211 e. The normalized spacial score (nSPS) is 17.2. The molecule has 1 aromatic heterocycles. The second-order valence-electron chi connectivity index (χ2n) is 6.05. The molecule has 1 aromatic rings. The van der Waals surface area contributed by atoms with Gasteiger partial charge in [-0.1, -0.05) is 0 Å². The molecule has 0 atom stereocenters. The van der Waals surface area contributed by atoms with Gasteiger partial charge in [-0.3, -0.25) is 0 Å². The molecule has 0 bridgehead atoms. The molecule has 7 nitrogen and oxygen atoms in total. The molecule has 0 spiro atoms. The average molecular weight is 501 g/mol. The number of aromatic nitrogens is 1. The zero-order valence-corrected chi connectivity index (χ0v) is 19.0. The van der Waals surface area contributed by atoms with Crippen LogP contribution in [0.5, 0.6) is 0 Å². The molecule has 0 amide bonds. The molecule has 0 unspecified atom stereocenters. The first-order chi connectivity index (χ1) is 11.4. The van der Waals surface area contributed by atoms with Crippen molar-refractivity contribution in [1.82, 2.24) is 19.9 Å². The summed E-state index contributed by atoms with van der Waals surface area (Å²) in [6.45, 7) is 7.47. The number of nitrogens with one attached hydrogen (secondary N) is 2. The first kappa shape index (κ1) is 22.6. The van der Waals surface area contributed by atoms with Crippen molar-refractivity contribution in [3.63, 3.8) is 0 Å². The van der Waals surface area contributed by atoms with Gasteiger partial charge in [-0.25, -0.2) is 22.7 Å². The van der Waals surface area contributed by atoms with Gasteiger partial charge in [-0.2, -0.15) is 0 Å². The van der Waals surface area contributed by atoms with E-state index in [-0.39, 0.29) is 24.0 Å². The third-order valence-electron chi connectivity index (χ3n) is 3.99. The number of nitrogens with zero attached hydrogens (tertiary/aromatic N) is 3. The van der Waals surface area contributed by atoms with Crippen LogP contribution in [0.25, 0.3) is 0 Å². The highest BCUT2D eigenvalue weighted by Crippen LogP contribution is 2.18. The summed E-state index contributed by atoms with van der Waals surface area (Å²) in [5.41, 5.74) is 0. The summed E-state index contributed by atoms with van der Waals surface area (Å²) in [6, 6.07) is 0. The lowest BCUT2D eigenvalue weighted by molar-refractivity contribution is 0.275. The molecule has 1 aliphatic heterocycles. The number of thiazole rings is 1. The van der Waals surface area contributed by atoms with Gasteiger partial charge in [0.25, 0.3) is 0 Å². The summed E-state index contributed by atoms with van der Waals surface area (Å²) in [5.74, 6) is 1.25. The Hall–Kier alpha value is -0.460. The second kappa shape index (κ2) is 10.6. The minimum atomic E-state index is -3.06. The molecule has 1 fully saturated rings. The second-order valence-corrected chi connectivity index (χ2v) is 9.35. The maximum absolute atomic E-state index is 11.5. The molecule has 1 saturated heterocycles. The van der Waals surface area contributed by atoms with Crippen molar-refractivity contribution in [2.75, 3.05) is 32.4 Å². The Balaban J connectivity index is 0.00000312. The van der Waals surface area contributed by atoms with Crippen LogP contribution >= 0.6 is 35.3 Å². The summed E-state index contributed by atoms with van der Waals surface area (Å²) in [5, 5.41) is 7.62. The fourth-order valence-corrected chi connectivity index (χ4v) is 4.23. The molecule has 25 heavy (non-hydrogen) atoms. The van der Waals surface area contributed by atoms with Gasteiger partial charge in [0.05, 0.1) is 12.8 Å². The van der Waals surface area contributed by atoms with Gasteiger partial charge in [0, 0.05) is 37.3 Å². The van der Waals surface area contributed by atoms with E-state index in [2.05, 4.69) is 20.6 Å². The Morgan fingerprint density at radius 3 is 2.60 bits per heavy atom. The SMILES string of the molecule is CCNC(=NCc1ncc(C)s1)NCC1CCN(S(C)(=O)=O)CC1.I. The topological polar surface area (TPSA) is 86.7 Å². The maximum atomic E-state index is 11.5. The first-order valence-corrected chi connectivity index (χ1v) is 10.9. The minimum Gasteiger partial charge on any atom is -0.357 e. The Bertz CT molecular complexity index is 655. The van der Waals surface area contributed by atoms with Crippen molar-refractivity contribution in [2.24, 2.45) is 10.9 Å². The van der Waals surface area contributed by atoms with Gasteiger partial charge in [-0.05, 0) is 32.6 Å². The van der Waals surface area contributed by atoms with Crippen molar-refractivity contribution in [2.45, 2.75) is 33.2 Å². The lowest BCUT2D eigenvalue weighted by Crippen LogP contribution is -2.44. The zero-order chi connectivity index (χ0) is 17.6. The van der Waals surface area contributed by atoms with Crippen molar-refractivity contribution >= 4 is 51.3 Å². The monoisotopic (exact) mass is 501 g/mol. The molecule has 2 heterocycles. The van der Waals surface area contributed by atoms with Crippen LogP contribution in [0.3, 0.4) is 0 Å². The highest BCUT2D eigenvalue weighted by molar-refractivity contribution is 14.0. The molecule has 0 aromatic carbocycles. The number of hydrogen-bond acceptors (Lipinski definition) is 5. The molecule has 10 heteroatoms. The number of hydrogen-bond donors (Lipinski definition) is 2. The van der Waals surface area contributed by atoms with Crippen molar-refractivity contribution in [3.05, 3.63) is 16.1 Å². The largest absolute Gasteiger partial charge is 0.357 e. The summed E-state index contributed by atoms with van der Waals surface area (Å²) >= 11 is 1.66. The van der Waals surface area contributed by atoms with Gasteiger partial charge in [0.2, 0.25) is 10.0 Å². The Morgan fingerprint density at radius 1 is 1.40 bits per heavy atom. The Morgan fingerprint density at radius 2 is 2.08 bits per heavy atom. The number of aryl methyl sites for hydroxylation is 1. The summed E-state index contributed by atoms with van der Waals surface area (Å²) in [4.78, 5) is 10.1. The summed E-state index contributed by atoms with van der Waals surface area (Å²) in [7, 11) is -3.06. The van der Waals surface area contributed by atoms with Gasteiger partial charge in [-0.15, -0.1) is 35.3 Å². The zero-order valence-electron chi connectivity index (χ0n) is 15.0. The molecular formula is C15H28IN5O2S2. The van der Waals surface area contributed by atoms with Crippen molar-refractivity contribution in [1.29, 1.82) is 0 Å². The van der Waals surface area contributed by atoms with E-state index >= 15 is 0 Å². The predicted molar refractivity (Wildman–Crippen MR) is 114 cm³/mol.